The summed E-state index contributed by atoms with van der Waals surface area (Å²) in [5.41, 5.74) is 11.5. The summed E-state index contributed by atoms with van der Waals surface area (Å²) in [4.78, 5) is 16.6. The fraction of sp³-hybridized carbons (Fsp3) is 0. The van der Waals surface area contributed by atoms with Gasteiger partial charge in [-0.05, 0) is 106 Å². The van der Waals surface area contributed by atoms with E-state index in [0.29, 0.717) is 0 Å². The molecule has 0 spiro atoms. The van der Waals surface area contributed by atoms with E-state index in [1.54, 1.807) is 0 Å². The van der Waals surface area contributed by atoms with Crippen LogP contribution in [-0.2, 0) is 0 Å². The van der Waals surface area contributed by atoms with Crippen molar-refractivity contribution < 1.29 is 0 Å². The van der Waals surface area contributed by atoms with Crippen molar-refractivity contribution in [3.05, 3.63) is 243 Å². The Kier molecular flexibility index (Phi) is 8.22. The molecule has 9 heteroatoms. The minimum Gasteiger partial charge on any atom is -0.309 e. The lowest BCUT2D eigenvalue weighted by Gasteiger charge is -2.35. The Bertz CT molecular complexity index is 4300. The van der Waals surface area contributed by atoms with E-state index in [-0.39, 0.29) is 0 Å². The number of fused-ring (bicyclic) bond motifs is 13. The largest absolute Gasteiger partial charge is 0.309 e. The van der Waals surface area contributed by atoms with Gasteiger partial charge in [0.1, 0.15) is 11.6 Å². The zero-order valence-corrected chi connectivity index (χ0v) is 38.7. The van der Waals surface area contributed by atoms with Crippen molar-refractivity contribution >= 4 is 106 Å². The standard InChI is InChI=1S/C61H40N8Si/c1-3-21-42(22-4-1)70(43-23-5-2-6-24-43,44-25-19-20-41(38-44)65-50-30-11-7-26-46(50)47-27-8-12-31-51(47)65)45-39-58(68-56-36-17-15-34-54(56)66-52-32-13-9-28-48(52)62-60(66)68)64-59(40-45)69-57-37-18-16-35-55(57)67-53-33-14-10-29-49(53)63-61(67)69/h1-40H. The third-order valence-electron chi connectivity index (χ3n) is 14.4. The van der Waals surface area contributed by atoms with E-state index in [4.69, 9.17) is 15.0 Å². The van der Waals surface area contributed by atoms with Crippen molar-refractivity contribution in [2.45, 2.75) is 0 Å². The van der Waals surface area contributed by atoms with Crippen LogP contribution in [0.25, 0.3) is 94.8 Å². The molecule has 0 aliphatic heterocycles. The van der Waals surface area contributed by atoms with Gasteiger partial charge < -0.3 is 4.57 Å². The Morgan fingerprint density at radius 2 is 0.671 bits per heavy atom. The molecule has 0 radical (unpaired) electrons. The van der Waals surface area contributed by atoms with Gasteiger partial charge in [0.25, 0.3) is 0 Å². The lowest BCUT2D eigenvalue weighted by atomic mass is 10.2. The van der Waals surface area contributed by atoms with E-state index in [1.807, 2.05) is 0 Å². The molecule has 70 heavy (non-hydrogen) atoms. The van der Waals surface area contributed by atoms with Gasteiger partial charge in [-0.15, -0.1) is 0 Å². The molecule has 6 heterocycles. The Morgan fingerprint density at radius 3 is 1.17 bits per heavy atom. The average molecular weight is 913 g/mol. The van der Waals surface area contributed by atoms with E-state index in [9.17, 15) is 0 Å². The van der Waals surface area contributed by atoms with Gasteiger partial charge in [-0.2, -0.15) is 0 Å². The zero-order valence-electron chi connectivity index (χ0n) is 37.7. The molecule has 0 saturated carbocycles. The molecule has 15 aromatic rings. The fourth-order valence-electron chi connectivity index (χ4n) is 11.6. The predicted molar refractivity (Wildman–Crippen MR) is 288 cm³/mol. The second-order valence-electron chi connectivity index (χ2n) is 18.1. The first-order valence-corrected chi connectivity index (χ1v) is 25.7. The van der Waals surface area contributed by atoms with Gasteiger partial charge in [0.15, 0.2) is 8.07 Å². The average Bonchev–Trinajstić information content (AvgIpc) is 4.22. The summed E-state index contributed by atoms with van der Waals surface area (Å²) in [7, 11) is -3.33. The number of benzene rings is 9. The quantitative estimate of drug-likeness (QED) is 0.118. The molecule has 0 N–H and O–H groups in total. The van der Waals surface area contributed by atoms with Crippen LogP contribution < -0.4 is 20.7 Å². The number of para-hydroxylation sites is 10. The van der Waals surface area contributed by atoms with Crippen molar-refractivity contribution in [3.8, 4) is 17.3 Å². The van der Waals surface area contributed by atoms with Crippen molar-refractivity contribution in [1.29, 1.82) is 0 Å². The summed E-state index contributed by atoms with van der Waals surface area (Å²) >= 11 is 0. The topological polar surface area (TPSA) is 62.3 Å². The number of imidazole rings is 4. The molecular formula is C61H40N8Si. The predicted octanol–water partition coefficient (Wildman–Crippen LogP) is 11.0. The number of rotatable bonds is 7. The maximum atomic E-state index is 5.82. The number of pyridine rings is 1. The second-order valence-corrected chi connectivity index (χ2v) is 21.9. The van der Waals surface area contributed by atoms with Gasteiger partial charge in [0, 0.05) is 16.5 Å². The van der Waals surface area contributed by atoms with Crippen LogP contribution in [0, 0.1) is 0 Å². The SMILES string of the molecule is c1ccc([Si](c2ccccc2)(c2cccc(-n3c4ccccc4c4ccccc43)c2)c2cc(-n3c4ccccc4n4c5ccccc5nc34)nc(-n3c4ccccc4n4c5ccccc5nc34)c2)cc1. The minimum atomic E-state index is -3.33. The molecule has 8 nitrogen and oxygen atoms in total. The lowest BCUT2D eigenvalue weighted by molar-refractivity contribution is 0.985. The lowest BCUT2D eigenvalue weighted by Crippen LogP contribution is -2.75. The summed E-state index contributed by atoms with van der Waals surface area (Å²) < 4.78 is 11.5. The normalized spacial score (nSPS) is 12.3. The smallest absolute Gasteiger partial charge is 0.221 e. The molecule has 0 amide bonds. The highest BCUT2D eigenvalue weighted by atomic mass is 28.3. The second kappa shape index (κ2) is 14.8. The number of aromatic nitrogens is 8. The Balaban J connectivity index is 1.11. The summed E-state index contributed by atoms with van der Waals surface area (Å²) in [5.74, 6) is 3.13. The van der Waals surface area contributed by atoms with Crippen LogP contribution >= 0.6 is 0 Å². The van der Waals surface area contributed by atoms with Gasteiger partial charge in [0.2, 0.25) is 11.6 Å². The van der Waals surface area contributed by atoms with Crippen LogP contribution in [0.2, 0.25) is 0 Å². The van der Waals surface area contributed by atoms with Gasteiger partial charge in [-0.3, -0.25) is 17.9 Å². The zero-order chi connectivity index (χ0) is 45.9. The van der Waals surface area contributed by atoms with Gasteiger partial charge in [-0.1, -0.05) is 158 Å². The fourth-order valence-corrected chi connectivity index (χ4v) is 16.3. The number of hydrogen-bond donors (Lipinski definition) is 0. The molecule has 328 valence electrons. The summed E-state index contributed by atoms with van der Waals surface area (Å²) in [6.07, 6.45) is 0. The Hall–Kier alpha value is -9.31. The van der Waals surface area contributed by atoms with E-state index >= 15 is 0 Å². The molecule has 0 bridgehead atoms. The summed E-state index contributed by atoms with van der Waals surface area (Å²) in [6, 6.07) is 87.9. The van der Waals surface area contributed by atoms with E-state index in [0.717, 1.165) is 73.0 Å². The third kappa shape index (κ3) is 5.37. The molecule has 0 atom stereocenters. The number of nitrogens with zero attached hydrogens (tertiary/aromatic N) is 8. The highest BCUT2D eigenvalue weighted by Gasteiger charge is 2.43. The van der Waals surface area contributed by atoms with Crippen LogP contribution in [0.5, 0.6) is 0 Å². The first-order valence-electron chi connectivity index (χ1n) is 23.7. The van der Waals surface area contributed by atoms with Crippen LogP contribution in [0.3, 0.4) is 0 Å². The monoisotopic (exact) mass is 912 g/mol. The Labute approximate surface area is 401 Å². The van der Waals surface area contributed by atoms with Crippen LogP contribution in [0.15, 0.2) is 243 Å². The maximum absolute atomic E-state index is 5.82. The minimum absolute atomic E-state index is 0.767. The van der Waals surface area contributed by atoms with Crippen molar-refractivity contribution in [2.75, 3.05) is 0 Å². The molecule has 0 fully saturated rings. The highest BCUT2D eigenvalue weighted by molar-refractivity contribution is 7.20. The molecule has 9 aromatic carbocycles. The maximum Gasteiger partial charge on any atom is 0.221 e. The van der Waals surface area contributed by atoms with E-state index in [2.05, 4.69) is 265 Å². The van der Waals surface area contributed by atoms with Crippen LogP contribution in [0.1, 0.15) is 0 Å². The van der Waals surface area contributed by atoms with Crippen molar-refractivity contribution in [3.63, 3.8) is 0 Å². The van der Waals surface area contributed by atoms with Crippen LogP contribution in [-0.4, -0.2) is 45.5 Å². The molecule has 6 aromatic heterocycles. The highest BCUT2D eigenvalue weighted by Crippen LogP contribution is 2.34. The van der Waals surface area contributed by atoms with Crippen LogP contribution in [0.4, 0.5) is 0 Å². The molecule has 0 aliphatic rings. The first-order chi connectivity index (χ1) is 34.7. The van der Waals surface area contributed by atoms with Crippen molar-refractivity contribution in [1.82, 2.24) is 37.5 Å². The van der Waals surface area contributed by atoms with Gasteiger partial charge in [-0.25, -0.2) is 15.0 Å². The van der Waals surface area contributed by atoms with E-state index < -0.39 is 8.07 Å². The Morgan fingerprint density at radius 1 is 0.271 bits per heavy atom. The summed E-state index contributed by atoms with van der Waals surface area (Å²) in [6.45, 7) is 0. The molecule has 0 aliphatic carbocycles. The molecular weight excluding hydrogens is 873 g/mol. The van der Waals surface area contributed by atoms with E-state index in [1.165, 1.54) is 42.6 Å². The molecule has 15 rings (SSSR count). The molecule has 0 saturated heterocycles. The molecule has 0 unspecified atom stereocenters. The third-order valence-corrected chi connectivity index (χ3v) is 19.2. The van der Waals surface area contributed by atoms with Gasteiger partial charge >= 0.3 is 0 Å². The van der Waals surface area contributed by atoms with Crippen molar-refractivity contribution in [2.24, 2.45) is 0 Å². The summed E-state index contributed by atoms with van der Waals surface area (Å²) in [5, 5.41) is 7.39. The number of hydrogen-bond acceptors (Lipinski definition) is 3. The van der Waals surface area contributed by atoms with Gasteiger partial charge in [0.05, 0.1) is 55.2 Å². The first kappa shape index (κ1) is 38.8.